The minimum Gasteiger partial charge on any atom is -1.00 e. The molecule has 78 valence electrons. The number of hydrogen-bond acceptors (Lipinski definition) is 0. The minimum absolute atomic E-state index is 0. The summed E-state index contributed by atoms with van der Waals surface area (Å²) in [6.45, 7) is 6.56. The van der Waals surface area contributed by atoms with Crippen molar-refractivity contribution in [3.8, 4) is 0 Å². The van der Waals surface area contributed by atoms with Crippen molar-refractivity contribution in [2.45, 2.75) is 37.8 Å². The Kier molecular flexibility index (Phi) is 100. The van der Waals surface area contributed by atoms with Crippen LogP contribution in [-0.4, -0.2) is 32.6 Å². The van der Waals surface area contributed by atoms with Crippen molar-refractivity contribution in [3.05, 3.63) is 0 Å². The van der Waals surface area contributed by atoms with Gasteiger partial charge < -0.3 is 72.8 Å². The predicted molar refractivity (Wildman–Crippen MR) is 46.3 cm³/mol. The van der Waals surface area contributed by atoms with E-state index in [-0.39, 0.29) is 72.8 Å². The van der Waals surface area contributed by atoms with E-state index in [4.69, 9.17) is 0 Å². The second-order valence-corrected chi connectivity index (χ2v) is 3.47. The number of halogens is 4. The summed E-state index contributed by atoms with van der Waals surface area (Å²) in [7, 11) is 0. The van der Waals surface area contributed by atoms with Crippen molar-refractivity contribution < 1.29 is 72.8 Å². The topological polar surface area (TPSA) is 0 Å². The maximum absolute atomic E-state index is 2.69. The second kappa shape index (κ2) is 36.2. The van der Waals surface area contributed by atoms with Gasteiger partial charge in [-0.3, -0.25) is 0 Å². The molecule has 6 heteroatoms. The fraction of sp³-hybridized carbons (Fsp3) is 1.00. The molecule has 13 heavy (non-hydrogen) atoms. The van der Waals surface area contributed by atoms with E-state index < -0.39 is 0 Å². The van der Waals surface area contributed by atoms with Crippen LogP contribution in [0.2, 0.25) is 10.6 Å². The van der Waals surface area contributed by atoms with Crippen molar-refractivity contribution in [2.75, 3.05) is 0 Å². The predicted octanol–water partition coefficient (Wildman–Crippen LogP) is -9.77. The fourth-order valence-corrected chi connectivity index (χ4v) is 0. The molecule has 0 unspecified atom stereocenters. The zero-order chi connectivity index (χ0) is 7.70. The Morgan fingerprint density at radius 1 is 1.00 bits per heavy atom. The van der Waals surface area contributed by atoms with Gasteiger partial charge in [0.15, 0.2) is 0 Å². The summed E-state index contributed by atoms with van der Waals surface area (Å²) in [6.07, 6.45) is 1.28. The van der Waals surface area contributed by atoms with E-state index in [9.17, 15) is 0 Å². The van der Waals surface area contributed by atoms with E-state index in [1.54, 1.807) is 0 Å². The first kappa shape index (κ1) is 36.0. The van der Waals surface area contributed by atoms with Gasteiger partial charge in [-0.2, -0.15) is 0 Å². The molecule has 0 aliphatic heterocycles. The Balaban J connectivity index is -0.0000000146. The van der Waals surface area contributed by atoms with E-state index in [0.717, 1.165) is 5.92 Å². The first-order valence-corrected chi connectivity index (χ1v) is 5.22. The van der Waals surface area contributed by atoms with Crippen molar-refractivity contribution in [2.24, 2.45) is 5.92 Å². The van der Waals surface area contributed by atoms with Gasteiger partial charge >= 0.3 is 76.3 Å². The van der Waals surface area contributed by atoms with E-state index in [0.29, 0.717) is 0 Å². The van der Waals surface area contributed by atoms with Gasteiger partial charge in [0.2, 0.25) is 0 Å². The van der Waals surface area contributed by atoms with Crippen LogP contribution in [0.15, 0.2) is 0 Å². The van der Waals surface area contributed by atoms with Crippen LogP contribution in [0.3, 0.4) is 0 Å². The molecule has 0 nitrogen and oxygen atoms in total. The Hall–Kier alpha value is 3.10. The van der Waals surface area contributed by atoms with E-state index in [1.807, 2.05) is 0 Å². The molecule has 0 rings (SSSR count). The summed E-state index contributed by atoms with van der Waals surface area (Å²) in [5, 5.41) is 2.46. The third kappa shape index (κ3) is 69.6. The first-order valence-electron chi connectivity index (χ1n) is 3.59. The molecule has 0 aromatic carbocycles. The van der Waals surface area contributed by atoms with Crippen LogP contribution in [0.5, 0.6) is 0 Å². The molecule has 0 aromatic heterocycles. The van der Waals surface area contributed by atoms with Gasteiger partial charge in [-0.05, 0) is 0 Å². The average Bonchev–Trinajstić information content (AvgIpc) is 1.89. The molecule has 0 fully saturated rings. The molecule has 0 bridgehead atoms. The van der Waals surface area contributed by atoms with Gasteiger partial charge in [0.05, 0.1) is 0 Å². The summed E-state index contributed by atoms with van der Waals surface area (Å²) in [4.78, 5) is 0. The molecule has 0 atom stereocenters. The average molecular weight is 479 g/mol. The van der Waals surface area contributed by atoms with Crippen molar-refractivity contribution in [1.29, 1.82) is 0 Å². The van der Waals surface area contributed by atoms with E-state index in [2.05, 4.69) is 53.4 Å². The Morgan fingerprint density at radius 2 is 1.15 bits per heavy atom. The summed E-state index contributed by atoms with van der Waals surface area (Å²) in [6, 6.07) is 0. The molecule has 0 aliphatic carbocycles. The molecule has 0 radical (unpaired) electrons. The molecule has 0 aliphatic rings. The van der Waals surface area contributed by atoms with Crippen LogP contribution in [-0.2, 0) is 0 Å². The maximum atomic E-state index is 2.69. The van der Waals surface area contributed by atoms with Crippen LogP contribution < -0.4 is 72.8 Å². The Morgan fingerprint density at radius 3 is 1.15 bits per heavy atom. The fourth-order valence-electron chi connectivity index (χ4n) is 0. The molecule has 0 aromatic rings. The molecule has 0 N–H and O–H groups in total. The monoisotopic (exact) mass is 478 g/mol. The van der Waals surface area contributed by atoms with Crippen molar-refractivity contribution in [1.82, 2.24) is 0 Å². The van der Waals surface area contributed by atoms with Crippen LogP contribution in [0, 0.1) is 5.92 Å². The Labute approximate surface area is 147 Å². The van der Waals surface area contributed by atoms with Crippen molar-refractivity contribution >= 4 is 32.6 Å². The quantitative estimate of drug-likeness (QED) is 0.273. The smallest absolute Gasteiger partial charge is 1.00 e. The maximum Gasteiger partial charge on any atom is -1.00 e. The molecule has 0 amide bonds. The third-order valence-corrected chi connectivity index (χ3v) is 2.28. The molecule has 0 heterocycles. The zero-order valence-corrected chi connectivity index (χ0v) is 16.5. The molecule has 0 saturated heterocycles. The molecule has 0 spiro atoms. The van der Waals surface area contributed by atoms with Gasteiger partial charge in [0.25, 0.3) is 0 Å². The van der Waals surface area contributed by atoms with Crippen molar-refractivity contribution in [3.63, 3.8) is 0 Å². The van der Waals surface area contributed by atoms with Crippen LogP contribution in [0.25, 0.3) is 0 Å². The van der Waals surface area contributed by atoms with Gasteiger partial charge in [0.1, 0.15) is 0 Å². The van der Waals surface area contributed by atoms with Gasteiger partial charge in [-0.15, -0.1) is 0 Å². The summed E-state index contributed by atoms with van der Waals surface area (Å²) in [5.41, 5.74) is 0. The van der Waals surface area contributed by atoms with Gasteiger partial charge in [-0.25, -0.2) is 0 Å². The number of rotatable bonds is 2. The van der Waals surface area contributed by atoms with Crippen LogP contribution in [0.4, 0.5) is 0 Å². The van der Waals surface area contributed by atoms with Gasteiger partial charge in [0, 0.05) is 0 Å². The largest absolute Gasteiger partial charge is 1.00 e. The summed E-state index contributed by atoms with van der Waals surface area (Å²) in [5.74, 6) is 0.847. The first-order chi connectivity index (χ1) is 4.18. The SMILES string of the molecule is CC(C)[CH2][Al+2].CC[CH2][Al+2].[Cl-].[Cl-].[I-].[I-]. The third-order valence-electron chi connectivity index (χ3n) is 0.760. The molecule has 0 saturated carbocycles. The summed E-state index contributed by atoms with van der Waals surface area (Å²) >= 11 is 5.35. The summed E-state index contributed by atoms with van der Waals surface area (Å²) < 4.78 is 0. The van der Waals surface area contributed by atoms with Crippen LogP contribution in [0.1, 0.15) is 27.2 Å². The molecular weight excluding hydrogens is 463 g/mol. The second-order valence-electron chi connectivity index (χ2n) is 2.42. The standard InChI is InChI=1S/C4H9.C3H7.2Al.2ClH.2HI/c1-4(2)3;1-3-2;;;;;;/h4H,1H2,2-3H3;1,3H2,2H3;;;4*1H/q;;2*+2;;;;/p-4. The normalized spacial score (nSPS) is 6.15. The van der Waals surface area contributed by atoms with Crippen LogP contribution >= 0.6 is 0 Å². The minimum atomic E-state index is 0. The van der Waals surface area contributed by atoms with Gasteiger partial charge in [-0.1, -0.05) is 0 Å². The van der Waals surface area contributed by atoms with E-state index >= 15 is 0 Å². The van der Waals surface area contributed by atoms with E-state index in [1.165, 1.54) is 17.0 Å². The molecular formula is C7H16Al2Cl2I2. The number of hydrogen-bond donors (Lipinski definition) is 0. The zero-order valence-electron chi connectivity index (χ0n) is 8.37. The Bertz CT molecular complexity index is 49.5.